The second-order valence-electron chi connectivity index (χ2n) is 2.62. The van der Waals surface area contributed by atoms with Crippen molar-refractivity contribution >= 4 is 51.0 Å². The number of carbonyl (C=O) groups excluding carboxylic acids is 1. The van der Waals surface area contributed by atoms with E-state index < -0.39 is 0 Å². The third-order valence-corrected chi connectivity index (χ3v) is 3.43. The van der Waals surface area contributed by atoms with Gasteiger partial charge in [-0.25, -0.2) is 0 Å². The quantitative estimate of drug-likeness (QED) is 0.535. The number of carbonyl (C=O) groups is 1. The van der Waals surface area contributed by atoms with E-state index >= 15 is 0 Å². The highest BCUT2D eigenvalue weighted by Gasteiger charge is 2.07. The topological polar surface area (TPSA) is 17.1 Å². The molecular weight excluding hydrogens is 378 g/mol. The summed E-state index contributed by atoms with van der Waals surface area (Å²) in [4.78, 5) is 11.2. The van der Waals surface area contributed by atoms with Gasteiger partial charge >= 0.3 is 0 Å². The Labute approximate surface area is 99.2 Å². The summed E-state index contributed by atoms with van der Waals surface area (Å²) in [7, 11) is 0. The van der Waals surface area contributed by atoms with E-state index in [4.69, 9.17) is 0 Å². The van der Waals surface area contributed by atoms with Crippen LogP contribution < -0.4 is 0 Å². The van der Waals surface area contributed by atoms with Crippen LogP contribution in [0.2, 0.25) is 0 Å². The molecule has 1 rings (SSSR count). The maximum atomic E-state index is 11.2. The fraction of sp³-hybridized carbons (Fsp3) is 0.222. The van der Waals surface area contributed by atoms with Gasteiger partial charge in [0.2, 0.25) is 0 Å². The van der Waals surface area contributed by atoms with Crippen molar-refractivity contribution < 1.29 is 4.79 Å². The van der Waals surface area contributed by atoms with Gasteiger partial charge in [-0.05, 0) is 76.7 Å². The van der Waals surface area contributed by atoms with Crippen molar-refractivity contribution in [2.75, 3.05) is 0 Å². The molecule has 12 heavy (non-hydrogen) atoms. The molecule has 0 spiro atoms. The Kier molecular flexibility index (Phi) is 3.51. The summed E-state index contributed by atoms with van der Waals surface area (Å²) in [5, 5.41) is 0. The second-order valence-corrected chi connectivity index (χ2v) is 5.02. The van der Waals surface area contributed by atoms with Gasteiger partial charge < -0.3 is 0 Å². The number of hydrogen-bond acceptors (Lipinski definition) is 1. The van der Waals surface area contributed by atoms with Crippen molar-refractivity contribution in [3.8, 4) is 0 Å². The minimum atomic E-state index is 0.143. The number of rotatable bonds is 1. The first-order valence-electron chi connectivity index (χ1n) is 3.49. The largest absolute Gasteiger partial charge is 0.294 e. The van der Waals surface area contributed by atoms with Crippen molar-refractivity contribution in [2.24, 2.45) is 0 Å². The summed E-state index contributed by atoms with van der Waals surface area (Å²) in [5.41, 5.74) is 1.93. The molecule has 0 aliphatic carbocycles. The Morgan fingerprint density at radius 3 is 2.42 bits per heavy atom. The number of Topliss-reactive ketones (excluding diaryl/α,β-unsaturated/α-hetero) is 1. The van der Waals surface area contributed by atoms with Gasteiger partial charge in [-0.3, -0.25) is 4.79 Å². The molecule has 64 valence electrons. The van der Waals surface area contributed by atoms with E-state index in [0.29, 0.717) is 0 Å². The highest BCUT2D eigenvalue weighted by molar-refractivity contribution is 14.1. The van der Waals surface area contributed by atoms with Gasteiger partial charge in [-0.1, -0.05) is 0 Å². The lowest BCUT2D eigenvalue weighted by atomic mass is 10.1. The van der Waals surface area contributed by atoms with Crippen LogP contribution in [-0.4, -0.2) is 5.78 Å². The number of benzene rings is 1. The van der Waals surface area contributed by atoms with E-state index in [1.165, 1.54) is 0 Å². The summed E-state index contributed by atoms with van der Waals surface area (Å²) < 4.78 is 2.28. The minimum Gasteiger partial charge on any atom is -0.294 e. The van der Waals surface area contributed by atoms with Crippen LogP contribution in [0.5, 0.6) is 0 Å². The molecule has 1 aromatic carbocycles. The van der Waals surface area contributed by atoms with Crippen LogP contribution in [0.3, 0.4) is 0 Å². The average Bonchev–Trinajstić information content (AvgIpc) is 1.96. The van der Waals surface area contributed by atoms with E-state index in [1.807, 2.05) is 13.0 Å². The zero-order valence-corrected chi connectivity index (χ0v) is 11.1. The molecule has 1 aromatic rings. The van der Waals surface area contributed by atoms with Crippen LogP contribution in [0.25, 0.3) is 0 Å². The zero-order chi connectivity index (χ0) is 9.30. The van der Waals surface area contributed by atoms with Crippen LogP contribution >= 0.6 is 45.2 Å². The SMILES string of the molecule is CC(=O)c1cc(I)cc(I)c1C. The standard InChI is InChI=1S/C9H8I2O/c1-5-8(6(2)12)3-7(10)4-9(5)11/h3-4H,1-2H3. The first-order valence-corrected chi connectivity index (χ1v) is 5.64. The van der Waals surface area contributed by atoms with Gasteiger partial charge in [0.05, 0.1) is 0 Å². The molecule has 1 nitrogen and oxygen atoms in total. The molecule has 0 bridgehead atoms. The minimum absolute atomic E-state index is 0.143. The van der Waals surface area contributed by atoms with Gasteiger partial charge in [0.1, 0.15) is 0 Å². The lowest BCUT2D eigenvalue weighted by molar-refractivity contribution is 0.101. The molecule has 0 saturated heterocycles. The van der Waals surface area contributed by atoms with Gasteiger partial charge in [-0.2, -0.15) is 0 Å². The van der Waals surface area contributed by atoms with E-state index in [0.717, 1.165) is 18.3 Å². The summed E-state index contributed by atoms with van der Waals surface area (Å²) in [5.74, 6) is 0.143. The fourth-order valence-corrected chi connectivity index (χ4v) is 2.86. The molecule has 0 saturated carbocycles. The predicted molar refractivity (Wildman–Crippen MR) is 66.6 cm³/mol. The highest BCUT2D eigenvalue weighted by atomic mass is 127. The summed E-state index contributed by atoms with van der Waals surface area (Å²) >= 11 is 4.48. The Morgan fingerprint density at radius 2 is 1.92 bits per heavy atom. The van der Waals surface area contributed by atoms with E-state index in [9.17, 15) is 4.79 Å². The molecule has 0 atom stereocenters. The summed E-state index contributed by atoms with van der Waals surface area (Å²) in [6.45, 7) is 3.59. The Balaban J connectivity index is 3.37. The molecule has 0 unspecified atom stereocenters. The van der Waals surface area contributed by atoms with Crippen LogP contribution in [0.15, 0.2) is 12.1 Å². The molecule has 0 aliphatic rings. The smallest absolute Gasteiger partial charge is 0.160 e. The average molecular weight is 386 g/mol. The molecule has 0 heterocycles. The molecule has 0 aromatic heterocycles. The monoisotopic (exact) mass is 386 g/mol. The van der Waals surface area contributed by atoms with Crippen molar-refractivity contribution in [3.05, 3.63) is 30.4 Å². The molecule has 0 amide bonds. The highest BCUT2D eigenvalue weighted by Crippen LogP contribution is 2.20. The first-order chi connectivity index (χ1) is 5.52. The summed E-state index contributed by atoms with van der Waals surface area (Å²) in [6.07, 6.45) is 0. The van der Waals surface area contributed by atoms with Gasteiger partial charge in [-0.15, -0.1) is 0 Å². The first kappa shape index (κ1) is 10.4. The van der Waals surface area contributed by atoms with Crippen LogP contribution in [-0.2, 0) is 0 Å². The van der Waals surface area contributed by atoms with Crippen molar-refractivity contribution in [3.63, 3.8) is 0 Å². The molecule has 0 aliphatic heterocycles. The normalized spacial score (nSPS) is 10.0. The van der Waals surface area contributed by atoms with E-state index in [-0.39, 0.29) is 5.78 Å². The van der Waals surface area contributed by atoms with E-state index in [1.54, 1.807) is 6.92 Å². The Bertz CT molecular complexity index is 332. The third-order valence-electron chi connectivity index (χ3n) is 1.69. The van der Waals surface area contributed by atoms with Crippen LogP contribution in [0, 0.1) is 14.1 Å². The maximum Gasteiger partial charge on any atom is 0.160 e. The van der Waals surface area contributed by atoms with Crippen molar-refractivity contribution in [1.29, 1.82) is 0 Å². The van der Waals surface area contributed by atoms with Gasteiger partial charge in [0.25, 0.3) is 0 Å². The molecule has 0 radical (unpaired) electrons. The predicted octanol–water partition coefficient (Wildman–Crippen LogP) is 3.41. The number of hydrogen-bond donors (Lipinski definition) is 0. The second kappa shape index (κ2) is 4.04. The Morgan fingerprint density at radius 1 is 1.33 bits per heavy atom. The van der Waals surface area contributed by atoms with Crippen molar-refractivity contribution in [2.45, 2.75) is 13.8 Å². The Hall–Kier alpha value is 0.350. The third kappa shape index (κ3) is 2.18. The van der Waals surface area contributed by atoms with Gasteiger partial charge in [0, 0.05) is 12.7 Å². The van der Waals surface area contributed by atoms with Crippen molar-refractivity contribution in [1.82, 2.24) is 0 Å². The van der Waals surface area contributed by atoms with Crippen LogP contribution in [0.4, 0.5) is 0 Å². The molecular formula is C9H8I2O. The number of halogens is 2. The molecule has 0 N–H and O–H groups in total. The lowest BCUT2D eigenvalue weighted by Gasteiger charge is -2.04. The lowest BCUT2D eigenvalue weighted by Crippen LogP contribution is -1.98. The van der Waals surface area contributed by atoms with E-state index in [2.05, 4.69) is 51.2 Å². The zero-order valence-electron chi connectivity index (χ0n) is 6.82. The maximum absolute atomic E-state index is 11.2. The van der Waals surface area contributed by atoms with Crippen LogP contribution in [0.1, 0.15) is 22.8 Å². The van der Waals surface area contributed by atoms with Gasteiger partial charge in [0.15, 0.2) is 5.78 Å². The number of ketones is 1. The summed E-state index contributed by atoms with van der Waals surface area (Å²) in [6, 6.07) is 4.00. The molecule has 3 heteroatoms. The molecule has 0 fully saturated rings. The fourth-order valence-electron chi connectivity index (χ4n) is 1.01.